The van der Waals surface area contributed by atoms with Gasteiger partial charge in [0.15, 0.2) is 0 Å². The van der Waals surface area contributed by atoms with Crippen molar-refractivity contribution in [1.29, 1.82) is 0 Å². The molecule has 0 aromatic carbocycles. The fourth-order valence-corrected chi connectivity index (χ4v) is 0.966. The maximum absolute atomic E-state index is 5.30. The van der Waals surface area contributed by atoms with Gasteiger partial charge in [0, 0.05) is 6.61 Å². The van der Waals surface area contributed by atoms with Crippen LogP contribution in [0.1, 0.15) is 26.2 Å². The smallest absolute Gasteiger partial charge is 0.0573 e. The van der Waals surface area contributed by atoms with Crippen LogP contribution in [0.3, 0.4) is 0 Å². The van der Waals surface area contributed by atoms with E-state index < -0.39 is 0 Å². The average molecular weight is 100 g/mol. The Labute approximate surface area is 44.7 Å². The summed E-state index contributed by atoms with van der Waals surface area (Å²) in [7, 11) is 0. The molecule has 7 heavy (non-hydrogen) atoms. The van der Waals surface area contributed by atoms with Crippen molar-refractivity contribution in [2.24, 2.45) is 0 Å². The summed E-state index contributed by atoms with van der Waals surface area (Å²) in [5.74, 6) is 0. The first-order valence-electron chi connectivity index (χ1n) is 3.05. The molecule has 1 heterocycles. The first-order chi connectivity index (χ1) is 3.43. The molecule has 0 aromatic rings. The van der Waals surface area contributed by atoms with Crippen LogP contribution in [0.2, 0.25) is 0 Å². The molecule has 1 saturated heterocycles. The molecule has 1 aliphatic rings. The number of ether oxygens (including phenoxy) is 1. The topological polar surface area (TPSA) is 9.23 Å². The van der Waals surface area contributed by atoms with Crippen LogP contribution in [0.5, 0.6) is 0 Å². The molecule has 0 aliphatic carbocycles. The molecule has 0 amide bonds. The van der Waals surface area contributed by atoms with Crippen molar-refractivity contribution in [3.63, 3.8) is 0 Å². The maximum atomic E-state index is 5.30. The van der Waals surface area contributed by atoms with Gasteiger partial charge >= 0.3 is 0 Å². The van der Waals surface area contributed by atoms with E-state index in [2.05, 4.69) is 6.92 Å². The predicted molar refractivity (Wildman–Crippen MR) is 29.3 cm³/mol. The van der Waals surface area contributed by atoms with Crippen molar-refractivity contribution in [3.8, 4) is 0 Å². The zero-order valence-electron chi connectivity index (χ0n) is 4.81. The molecular weight excluding hydrogens is 88.1 g/mol. The first-order valence-corrected chi connectivity index (χ1v) is 3.05. The normalized spacial score (nSPS) is 31.3. The van der Waals surface area contributed by atoms with E-state index in [9.17, 15) is 0 Å². The Morgan fingerprint density at radius 2 is 2.57 bits per heavy atom. The summed E-state index contributed by atoms with van der Waals surface area (Å²) < 4.78 is 5.30. The predicted octanol–water partition coefficient (Wildman–Crippen LogP) is 1.58. The van der Waals surface area contributed by atoms with Crippen LogP contribution in [-0.4, -0.2) is 12.7 Å². The molecule has 42 valence electrons. The van der Waals surface area contributed by atoms with Crippen molar-refractivity contribution in [1.82, 2.24) is 0 Å². The molecule has 0 N–H and O–H groups in total. The lowest BCUT2D eigenvalue weighted by Gasteiger charge is -2.01. The second-order valence-corrected chi connectivity index (χ2v) is 2.04. The van der Waals surface area contributed by atoms with Gasteiger partial charge in [-0.15, -0.1) is 0 Å². The van der Waals surface area contributed by atoms with E-state index in [1.54, 1.807) is 0 Å². The molecule has 1 rings (SSSR count). The Hall–Kier alpha value is -0.0400. The minimum Gasteiger partial charge on any atom is -0.378 e. The molecule has 1 unspecified atom stereocenters. The minimum absolute atomic E-state index is 0.597. The lowest BCUT2D eigenvalue weighted by Crippen LogP contribution is -2.00. The Balaban J connectivity index is 2.14. The second-order valence-electron chi connectivity index (χ2n) is 2.04. The van der Waals surface area contributed by atoms with Crippen molar-refractivity contribution in [2.45, 2.75) is 32.3 Å². The van der Waals surface area contributed by atoms with Crippen LogP contribution in [0, 0.1) is 0 Å². The summed E-state index contributed by atoms with van der Waals surface area (Å²) in [6.45, 7) is 3.18. The maximum Gasteiger partial charge on any atom is 0.0573 e. The van der Waals surface area contributed by atoms with Crippen LogP contribution in [0.25, 0.3) is 0 Å². The van der Waals surface area contributed by atoms with Gasteiger partial charge in [-0.3, -0.25) is 0 Å². The summed E-state index contributed by atoms with van der Waals surface area (Å²) in [4.78, 5) is 0. The van der Waals surface area contributed by atoms with E-state index in [0.717, 1.165) is 6.61 Å². The highest BCUT2D eigenvalue weighted by Crippen LogP contribution is 2.13. The van der Waals surface area contributed by atoms with Crippen LogP contribution >= 0.6 is 0 Å². The van der Waals surface area contributed by atoms with Crippen LogP contribution in [-0.2, 0) is 4.74 Å². The van der Waals surface area contributed by atoms with Crippen LogP contribution in [0.15, 0.2) is 0 Å². The van der Waals surface area contributed by atoms with Crippen molar-refractivity contribution in [3.05, 3.63) is 0 Å². The van der Waals surface area contributed by atoms with Gasteiger partial charge in [0.1, 0.15) is 0 Å². The number of rotatable bonds is 1. The number of hydrogen-bond donors (Lipinski definition) is 0. The molecule has 1 aliphatic heterocycles. The van der Waals surface area contributed by atoms with Crippen LogP contribution in [0.4, 0.5) is 0 Å². The quantitative estimate of drug-likeness (QED) is 0.486. The third-order valence-corrected chi connectivity index (χ3v) is 1.48. The van der Waals surface area contributed by atoms with Gasteiger partial charge in [-0.1, -0.05) is 6.92 Å². The van der Waals surface area contributed by atoms with E-state index >= 15 is 0 Å². The molecule has 1 nitrogen and oxygen atoms in total. The van der Waals surface area contributed by atoms with Gasteiger partial charge in [0.05, 0.1) is 6.10 Å². The lowest BCUT2D eigenvalue weighted by molar-refractivity contribution is 0.108. The molecule has 0 radical (unpaired) electrons. The highest BCUT2D eigenvalue weighted by atomic mass is 16.5. The molecular formula is C6H12O. The summed E-state index contributed by atoms with van der Waals surface area (Å²) in [6.07, 6.45) is 4.36. The summed E-state index contributed by atoms with van der Waals surface area (Å²) in [5.41, 5.74) is 0. The zero-order chi connectivity index (χ0) is 5.11. The monoisotopic (exact) mass is 100 g/mol. The van der Waals surface area contributed by atoms with E-state index in [1.165, 1.54) is 19.3 Å². The summed E-state index contributed by atoms with van der Waals surface area (Å²) in [5, 5.41) is 0. The standard InChI is InChI=1S/C6H12O/c1-2-6-4-3-5-7-6/h6H,2-5H2,1H3. The molecule has 0 aromatic heterocycles. The van der Waals surface area contributed by atoms with E-state index in [4.69, 9.17) is 4.74 Å². The lowest BCUT2D eigenvalue weighted by atomic mass is 10.2. The molecule has 0 bridgehead atoms. The molecule has 1 atom stereocenters. The molecule has 1 heteroatoms. The highest BCUT2D eigenvalue weighted by Gasteiger charge is 2.11. The minimum atomic E-state index is 0.597. The van der Waals surface area contributed by atoms with Crippen molar-refractivity contribution < 1.29 is 4.74 Å². The zero-order valence-corrected chi connectivity index (χ0v) is 4.81. The average Bonchev–Trinajstić information content (AvgIpc) is 2.14. The fraction of sp³-hybridized carbons (Fsp3) is 1.00. The molecule has 0 saturated carbocycles. The highest BCUT2D eigenvalue weighted by molar-refractivity contribution is 4.60. The Kier molecular flexibility index (Phi) is 1.69. The molecule has 1 fully saturated rings. The molecule has 0 spiro atoms. The third kappa shape index (κ3) is 1.16. The Bertz CT molecular complexity index is 46.1. The van der Waals surface area contributed by atoms with E-state index in [0.29, 0.717) is 6.10 Å². The van der Waals surface area contributed by atoms with Crippen molar-refractivity contribution >= 4 is 0 Å². The third-order valence-electron chi connectivity index (χ3n) is 1.48. The van der Waals surface area contributed by atoms with Gasteiger partial charge in [0.2, 0.25) is 0 Å². The number of hydrogen-bond acceptors (Lipinski definition) is 1. The first kappa shape index (κ1) is 5.10. The van der Waals surface area contributed by atoms with Crippen molar-refractivity contribution in [2.75, 3.05) is 6.61 Å². The Morgan fingerprint density at radius 1 is 1.71 bits per heavy atom. The SMILES string of the molecule is CCC1CCCO1. The van der Waals surface area contributed by atoms with Gasteiger partial charge in [-0.05, 0) is 19.3 Å². The van der Waals surface area contributed by atoms with Gasteiger partial charge in [-0.2, -0.15) is 0 Å². The fourth-order valence-electron chi connectivity index (χ4n) is 0.966. The van der Waals surface area contributed by atoms with E-state index in [1.807, 2.05) is 0 Å². The summed E-state index contributed by atoms with van der Waals surface area (Å²) in [6, 6.07) is 0. The Morgan fingerprint density at radius 3 is 2.86 bits per heavy atom. The largest absolute Gasteiger partial charge is 0.378 e. The van der Waals surface area contributed by atoms with E-state index in [-0.39, 0.29) is 0 Å². The second kappa shape index (κ2) is 2.31. The van der Waals surface area contributed by atoms with Gasteiger partial charge in [-0.25, -0.2) is 0 Å². The van der Waals surface area contributed by atoms with Crippen LogP contribution < -0.4 is 0 Å². The summed E-state index contributed by atoms with van der Waals surface area (Å²) >= 11 is 0. The van der Waals surface area contributed by atoms with Gasteiger partial charge < -0.3 is 4.74 Å². The van der Waals surface area contributed by atoms with Gasteiger partial charge in [0.25, 0.3) is 0 Å².